The Morgan fingerprint density at radius 1 is 1.11 bits per heavy atom. The Morgan fingerprint density at radius 3 is 2.17 bits per heavy atom. The fraction of sp³-hybridized carbons (Fsp3) is 0.538. The van der Waals surface area contributed by atoms with Crippen LogP contribution in [0.25, 0.3) is 0 Å². The van der Waals surface area contributed by atoms with Gasteiger partial charge in [-0.2, -0.15) is 13.2 Å². The highest BCUT2D eigenvalue weighted by Crippen LogP contribution is 2.26. The smallest absolute Gasteiger partial charge is 0.389 e. The van der Waals surface area contributed by atoms with E-state index in [2.05, 4.69) is 22.6 Å². The van der Waals surface area contributed by atoms with Crippen molar-refractivity contribution in [2.75, 3.05) is 0 Å². The number of hydrogen-bond acceptors (Lipinski definition) is 1. The zero-order valence-electron chi connectivity index (χ0n) is 10.1. The van der Waals surface area contributed by atoms with Crippen LogP contribution < -0.4 is 0 Å². The van der Waals surface area contributed by atoms with Crippen molar-refractivity contribution in [2.24, 2.45) is 0 Å². The molecule has 0 saturated heterocycles. The molecule has 0 bridgehead atoms. The average Bonchev–Trinajstić information content (AvgIpc) is 2.18. The number of halogens is 4. The van der Waals surface area contributed by atoms with Gasteiger partial charge in [0, 0.05) is 16.4 Å². The summed E-state index contributed by atoms with van der Waals surface area (Å²) in [6.07, 6.45) is -4.49. The van der Waals surface area contributed by atoms with Gasteiger partial charge in [-0.3, -0.25) is 0 Å². The van der Waals surface area contributed by atoms with Crippen molar-refractivity contribution in [2.45, 2.75) is 44.4 Å². The first kappa shape index (κ1) is 15.8. The monoisotopic (exact) mass is 372 g/mol. The van der Waals surface area contributed by atoms with Gasteiger partial charge in [0.05, 0.1) is 5.60 Å². The third-order valence-corrected chi connectivity index (χ3v) is 3.39. The van der Waals surface area contributed by atoms with Crippen LogP contribution in [0.3, 0.4) is 0 Å². The Kier molecular flexibility index (Phi) is 5.46. The number of benzene rings is 1. The Labute approximate surface area is 119 Å². The number of aliphatic hydroxyl groups is 1. The molecule has 1 atom stereocenters. The molecule has 0 aliphatic heterocycles. The van der Waals surface area contributed by atoms with E-state index in [0.717, 1.165) is 9.13 Å². The van der Waals surface area contributed by atoms with Gasteiger partial charge in [-0.25, -0.2) is 0 Å². The van der Waals surface area contributed by atoms with E-state index in [9.17, 15) is 18.3 Å². The molecule has 1 aromatic carbocycles. The minimum absolute atomic E-state index is 0.0408. The zero-order chi connectivity index (χ0) is 13.8. The Balaban J connectivity index is 2.46. The second-order valence-corrected chi connectivity index (χ2v) is 6.01. The number of alkyl halides is 3. The molecule has 0 radical (unpaired) electrons. The third kappa shape index (κ3) is 6.58. The first-order chi connectivity index (χ1) is 8.18. The second kappa shape index (κ2) is 6.23. The van der Waals surface area contributed by atoms with E-state index in [1.165, 1.54) is 0 Å². The van der Waals surface area contributed by atoms with Crippen LogP contribution >= 0.6 is 22.6 Å². The van der Waals surface area contributed by atoms with Gasteiger partial charge in [0.15, 0.2) is 0 Å². The van der Waals surface area contributed by atoms with E-state index < -0.39 is 18.2 Å². The van der Waals surface area contributed by atoms with Crippen molar-refractivity contribution < 1.29 is 18.3 Å². The zero-order valence-corrected chi connectivity index (χ0v) is 12.3. The highest BCUT2D eigenvalue weighted by Gasteiger charge is 2.29. The van der Waals surface area contributed by atoms with Crippen molar-refractivity contribution >= 4 is 22.6 Å². The Morgan fingerprint density at radius 2 is 1.67 bits per heavy atom. The summed E-state index contributed by atoms with van der Waals surface area (Å²) in [5.41, 5.74) is -0.148. The van der Waals surface area contributed by atoms with E-state index in [1.54, 1.807) is 6.92 Å². The summed E-state index contributed by atoms with van der Waals surface area (Å²) in [6.45, 7) is 1.58. The standard InChI is InChI=1S/C13H16F3IO/c1-12(18,7-2-8-13(14,15)16)9-10-3-5-11(17)6-4-10/h3-6,18H,2,7-9H2,1H3. The molecule has 0 aromatic heterocycles. The maximum Gasteiger partial charge on any atom is 0.389 e. The highest BCUT2D eigenvalue weighted by molar-refractivity contribution is 14.1. The summed E-state index contributed by atoms with van der Waals surface area (Å²) < 4.78 is 37.1. The quantitative estimate of drug-likeness (QED) is 0.764. The van der Waals surface area contributed by atoms with E-state index in [0.29, 0.717) is 6.42 Å². The molecule has 0 fully saturated rings. The van der Waals surface area contributed by atoms with Gasteiger partial charge in [0.1, 0.15) is 0 Å². The summed E-state index contributed by atoms with van der Waals surface area (Å²) in [7, 11) is 0. The largest absolute Gasteiger partial charge is 0.390 e. The molecule has 1 nitrogen and oxygen atoms in total. The molecular weight excluding hydrogens is 356 g/mol. The van der Waals surface area contributed by atoms with Gasteiger partial charge in [-0.15, -0.1) is 0 Å². The molecule has 0 amide bonds. The van der Waals surface area contributed by atoms with E-state index in [-0.39, 0.29) is 12.8 Å². The topological polar surface area (TPSA) is 20.2 Å². The minimum atomic E-state index is -4.14. The predicted molar refractivity (Wildman–Crippen MR) is 73.4 cm³/mol. The summed E-state index contributed by atoms with van der Waals surface area (Å²) in [6, 6.07) is 7.61. The first-order valence-electron chi connectivity index (χ1n) is 5.72. The maximum absolute atomic E-state index is 12.0. The lowest BCUT2D eigenvalue weighted by Crippen LogP contribution is -2.27. The molecule has 0 aliphatic rings. The van der Waals surface area contributed by atoms with Crippen LogP contribution in [0.4, 0.5) is 13.2 Å². The van der Waals surface area contributed by atoms with Gasteiger partial charge in [-0.1, -0.05) is 12.1 Å². The minimum Gasteiger partial charge on any atom is -0.390 e. The lowest BCUT2D eigenvalue weighted by Gasteiger charge is -2.23. The van der Waals surface area contributed by atoms with Crippen LogP contribution in [-0.4, -0.2) is 16.9 Å². The predicted octanol–water partition coefficient (Wildman–Crippen LogP) is 4.32. The van der Waals surface area contributed by atoms with Crippen molar-refractivity contribution in [1.29, 1.82) is 0 Å². The lowest BCUT2D eigenvalue weighted by atomic mass is 9.91. The molecule has 5 heteroatoms. The van der Waals surface area contributed by atoms with Crippen LogP contribution in [0.2, 0.25) is 0 Å². The summed E-state index contributed by atoms with van der Waals surface area (Å²) in [5, 5.41) is 10.1. The van der Waals surface area contributed by atoms with E-state index in [4.69, 9.17) is 0 Å². The van der Waals surface area contributed by atoms with Crippen LogP contribution in [0.15, 0.2) is 24.3 Å². The Hall–Kier alpha value is -0.300. The van der Waals surface area contributed by atoms with Crippen molar-refractivity contribution in [3.63, 3.8) is 0 Å². The molecule has 1 rings (SSSR count). The first-order valence-corrected chi connectivity index (χ1v) is 6.79. The number of rotatable bonds is 5. The highest BCUT2D eigenvalue weighted by atomic mass is 127. The molecule has 0 aliphatic carbocycles. The van der Waals surface area contributed by atoms with Crippen molar-refractivity contribution in [3.05, 3.63) is 33.4 Å². The third-order valence-electron chi connectivity index (χ3n) is 2.67. The molecule has 1 unspecified atom stereocenters. The lowest BCUT2D eigenvalue weighted by molar-refractivity contribution is -0.137. The van der Waals surface area contributed by atoms with Gasteiger partial charge < -0.3 is 5.11 Å². The van der Waals surface area contributed by atoms with E-state index >= 15 is 0 Å². The molecule has 0 spiro atoms. The molecule has 18 heavy (non-hydrogen) atoms. The summed E-state index contributed by atoms with van der Waals surface area (Å²) in [4.78, 5) is 0. The Bertz CT molecular complexity index is 371. The molecule has 1 aromatic rings. The normalized spacial score (nSPS) is 15.4. The maximum atomic E-state index is 12.0. The fourth-order valence-electron chi connectivity index (χ4n) is 1.80. The fourth-order valence-corrected chi connectivity index (χ4v) is 2.16. The summed E-state index contributed by atoms with van der Waals surface area (Å²) >= 11 is 2.18. The van der Waals surface area contributed by atoms with Gasteiger partial charge in [-0.05, 0) is 60.1 Å². The van der Waals surface area contributed by atoms with Crippen molar-refractivity contribution in [3.8, 4) is 0 Å². The van der Waals surface area contributed by atoms with Gasteiger partial charge in [0.2, 0.25) is 0 Å². The average molecular weight is 372 g/mol. The molecule has 0 saturated carbocycles. The molecule has 102 valence electrons. The van der Waals surface area contributed by atoms with Gasteiger partial charge in [0.25, 0.3) is 0 Å². The van der Waals surface area contributed by atoms with Gasteiger partial charge >= 0.3 is 6.18 Å². The SMILES string of the molecule is CC(O)(CCCC(F)(F)F)Cc1ccc(I)cc1. The number of hydrogen-bond donors (Lipinski definition) is 1. The van der Waals surface area contributed by atoms with Crippen LogP contribution in [0.1, 0.15) is 31.7 Å². The van der Waals surface area contributed by atoms with Crippen LogP contribution in [-0.2, 0) is 6.42 Å². The summed E-state index contributed by atoms with van der Waals surface area (Å²) in [5.74, 6) is 0. The van der Waals surface area contributed by atoms with Crippen LogP contribution in [0.5, 0.6) is 0 Å². The van der Waals surface area contributed by atoms with Crippen molar-refractivity contribution in [1.82, 2.24) is 0 Å². The second-order valence-electron chi connectivity index (χ2n) is 4.77. The van der Waals surface area contributed by atoms with E-state index in [1.807, 2.05) is 24.3 Å². The van der Waals surface area contributed by atoms with Crippen LogP contribution in [0, 0.1) is 3.57 Å². The molecule has 1 N–H and O–H groups in total. The molecule has 0 heterocycles. The molecular formula is C13H16F3IO.